The number of rotatable bonds is 6. The molecule has 3 amide bonds. The highest BCUT2D eigenvalue weighted by molar-refractivity contribution is 7.89. The first kappa shape index (κ1) is 21.9. The number of benzene rings is 2. The number of primary sulfonamides is 1. The summed E-state index contributed by atoms with van der Waals surface area (Å²) in [7, 11) is -3.73. The fraction of sp³-hybridized carbons (Fsp3) is 0.333. The summed E-state index contributed by atoms with van der Waals surface area (Å²) in [5, 5.41) is 10.7. The first-order valence-corrected chi connectivity index (χ1v) is 11.7. The lowest BCUT2D eigenvalue weighted by molar-refractivity contribution is -0.117. The molecule has 0 bridgehead atoms. The van der Waals surface area contributed by atoms with Crippen molar-refractivity contribution < 1.29 is 27.5 Å². The van der Waals surface area contributed by atoms with E-state index in [4.69, 9.17) is 14.6 Å². The third-order valence-electron chi connectivity index (χ3n) is 5.25. The molecule has 0 radical (unpaired) electrons. The molecule has 0 saturated carbocycles. The number of carbonyl (C=O) groups is 2. The third-order valence-corrected chi connectivity index (χ3v) is 6.18. The van der Waals surface area contributed by atoms with Crippen molar-refractivity contribution in [3.63, 3.8) is 0 Å². The number of nitrogens with two attached hydrogens (primary N) is 1. The maximum absolute atomic E-state index is 12.5. The summed E-state index contributed by atoms with van der Waals surface area (Å²) < 4.78 is 33.7. The Kier molecular flexibility index (Phi) is 6.19. The van der Waals surface area contributed by atoms with E-state index in [1.54, 1.807) is 35.2 Å². The third kappa shape index (κ3) is 5.11. The van der Waals surface area contributed by atoms with Crippen molar-refractivity contribution in [1.29, 1.82) is 0 Å². The second kappa shape index (κ2) is 9.05. The number of fused-ring (bicyclic) bond motifs is 1. The minimum Gasteiger partial charge on any atom is -0.486 e. The number of sulfonamides is 1. The fourth-order valence-corrected chi connectivity index (χ4v) is 4.17. The van der Waals surface area contributed by atoms with Crippen molar-refractivity contribution in [3.8, 4) is 11.5 Å². The minimum absolute atomic E-state index is 0.0421. The lowest BCUT2D eigenvalue weighted by Gasteiger charge is -2.22. The van der Waals surface area contributed by atoms with Gasteiger partial charge in [-0.25, -0.2) is 18.4 Å². The van der Waals surface area contributed by atoms with Crippen LogP contribution in [-0.2, 0) is 21.2 Å². The minimum atomic E-state index is -3.73. The van der Waals surface area contributed by atoms with Crippen LogP contribution in [0.2, 0.25) is 0 Å². The molecule has 32 heavy (non-hydrogen) atoms. The predicted octanol–water partition coefficient (Wildman–Crippen LogP) is 0.752. The van der Waals surface area contributed by atoms with Crippen LogP contribution < -0.4 is 30.1 Å². The Morgan fingerprint density at radius 2 is 1.81 bits per heavy atom. The number of nitrogens with zero attached hydrogens (tertiary/aromatic N) is 1. The van der Waals surface area contributed by atoms with Crippen molar-refractivity contribution in [1.82, 2.24) is 10.6 Å². The molecule has 1 atom stereocenters. The van der Waals surface area contributed by atoms with E-state index < -0.39 is 10.0 Å². The van der Waals surface area contributed by atoms with Crippen LogP contribution in [0.4, 0.5) is 10.5 Å². The smallest absolute Gasteiger partial charge is 0.315 e. The van der Waals surface area contributed by atoms with Gasteiger partial charge in [0.05, 0.1) is 10.9 Å². The predicted molar refractivity (Wildman–Crippen MR) is 116 cm³/mol. The van der Waals surface area contributed by atoms with E-state index in [0.29, 0.717) is 49.9 Å². The molecule has 1 saturated heterocycles. The normalized spacial score (nSPS) is 17.8. The molecule has 1 fully saturated rings. The highest BCUT2D eigenvalue weighted by Crippen LogP contribution is 2.35. The van der Waals surface area contributed by atoms with E-state index in [0.717, 1.165) is 5.56 Å². The number of urea groups is 1. The summed E-state index contributed by atoms with van der Waals surface area (Å²) in [6.45, 7) is 1.68. The second-order valence-corrected chi connectivity index (χ2v) is 9.13. The van der Waals surface area contributed by atoms with E-state index >= 15 is 0 Å². The molecule has 2 aromatic carbocycles. The molecular weight excluding hydrogens is 436 g/mol. The fourth-order valence-electron chi connectivity index (χ4n) is 3.66. The molecule has 4 rings (SSSR count). The van der Waals surface area contributed by atoms with Crippen molar-refractivity contribution in [2.75, 3.05) is 31.2 Å². The number of anilines is 1. The zero-order valence-corrected chi connectivity index (χ0v) is 18.1. The summed E-state index contributed by atoms with van der Waals surface area (Å²) in [6, 6.07) is 10.8. The number of amides is 3. The molecule has 11 heteroatoms. The van der Waals surface area contributed by atoms with E-state index in [-0.39, 0.29) is 29.3 Å². The van der Waals surface area contributed by atoms with Crippen LogP contribution >= 0.6 is 0 Å². The van der Waals surface area contributed by atoms with Crippen LogP contribution in [0, 0.1) is 0 Å². The highest BCUT2D eigenvalue weighted by atomic mass is 32.2. The van der Waals surface area contributed by atoms with Gasteiger partial charge in [0, 0.05) is 31.3 Å². The summed E-state index contributed by atoms with van der Waals surface area (Å²) in [4.78, 5) is 26.4. The van der Waals surface area contributed by atoms with Gasteiger partial charge in [0.2, 0.25) is 15.9 Å². The van der Waals surface area contributed by atoms with Crippen LogP contribution in [0.1, 0.15) is 12.0 Å². The van der Waals surface area contributed by atoms with E-state index in [9.17, 15) is 18.0 Å². The maximum atomic E-state index is 12.5. The largest absolute Gasteiger partial charge is 0.486 e. The number of hydrogen-bond donors (Lipinski definition) is 3. The molecule has 170 valence electrons. The Labute approximate surface area is 185 Å². The Morgan fingerprint density at radius 3 is 2.53 bits per heavy atom. The summed E-state index contributed by atoms with van der Waals surface area (Å²) in [6.07, 6.45) is 0.724. The summed E-state index contributed by atoms with van der Waals surface area (Å²) in [5.41, 5.74) is 1.56. The zero-order chi connectivity index (χ0) is 22.7. The van der Waals surface area contributed by atoms with E-state index in [2.05, 4.69) is 10.6 Å². The molecule has 0 unspecified atom stereocenters. The van der Waals surface area contributed by atoms with Crippen molar-refractivity contribution in [3.05, 3.63) is 48.0 Å². The van der Waals surface area contributed by atoms with Gasteiger partial charge in [-0.3, -0.25) is 4.79 Å². The van der Waals surface area contributed by atoms with Gasteiger partial charge in [0.1, 0.15) is 13.2 Å². The van der Waals surface area contributed by atoms with Gasteiger partial charge in [-0.2, -0.15) is 0 Å². The molecule has 2 heterocycles. The topological polar surface area (TPSA) is 140 Å². The molecule has 2 aliphatic heterocycles. The first-order valence-electron chi connectivity index (χ1n) is 10.2. The van der Waals surface area contributed by atoms with Crippen molar-refractivity contribution in [2.24, 2.45) is 5.14 Å². The molecule has 10 nitrogen and oxygen atoms in total. The molecule has 2 aliphatic rings. The van der Waals surface area contributed by atoms with Crippen LogP contribution in [0.5, 0.6) is 11.5 Å². The van der Waals surface area contributed by atoms with Gasteiger partial charge in [0.15, 0.2) is 11.5 Å². The number of carbonyl (C=O) groups excluding carboxylic acids is 2. The van der Waals surface area contributed by atoms with Crippen molar-refractivity contribution >= 4 is 27.6 Å². The van der Waals surface area contributed by atoms with E-state index in [1.807, 2.05) is 0 Å². The van der Waals surface area contributed by atoms with Gasteiger partial charge in [-0.1, -0.05) is 12.1 Å². The lowest BCUT2D eigenvalue weighted by atomic mass is 10.1. The standard InChI is InChI=1S/C21H24N4O6S/c22-32(28,29)17-4-1-14(2-5-17)7-8-23-21(27)24-15-11-20(26)25(13-15)16-3-6-18-19(12-16)31-10-9-30-18/h1-6,12,15H,7-11,13H2,(H2,22,28,29)(H2,23,24,27)/t15-/m0/s1. The SMILES string of the molecule is NS(=O)(=O)c1ccc(CCNC(=O)N[C@H]2CC(=O)N(c3ccc4c(c3)OCCO4)C2)cc1. The lowest BCUT2D eigenvalue weighted by Crippen LogP contribution is -2.43. The van der Waals surface area contributed by atoms with Gasteiger partial charge in [-0.15, -0.1) is 0 Å². The summed E-state index contributed by atoms with van der Waals surface area (Å²) >= 11 is 0. The van der Waals surface area contributed by atoms with Gasteiger partial charge >= 0.3 is 6.03 Å². The Hall–Kier alpha value is -3.31. The van der Waals surface area contributed by atoms with Crippen LogP contribution in [0.3, 0.4) is 0 Å². The average molecular weight is 461 g/mol. The molecule has 2 aromatic rings. The highest BCUT2D eigenvalue weighted by Gasteiger charge is 2.32. The Bertz CT molecular complexity index is 1120. The Morgan fingerprint density at radius 1 is 1.09 bits per heavy atom. The quantitative estimate of drug-likeness (QED) is 0.581. The summed E-state index contributed by atoms with van der Waals surface area (Å²) in [5.74, 6) is 1.18. The van der Waals surface area contributed by atoms with E-state index in [1.165, 1.54) is 12.1 Å². The second-order valence-electron chi connectivity index (χ2n) is 7.57. The van der Waals surface area contributed by atoms with Gasteiger partial charge < -0.3 is 25.0 Å². The zero-order valence-electron chi connectivity index (χ0n) is 17.2. The molecule has 4 N–H and O–H groups in total. The maximum Gasteiger partial charge on any atom is 0.315 e. The number of hydrogen-bond acceptors (Lipinski definition) is 6. The van der Waals surface area contributed by atoms with Crippen LogP contribution in [-0.4, -0.2) is 52.7 Å². The molecule has 0 spiro atoms. The first-order chi connectivity index (χ1) is 15.3. The van der Waals surface area contributed by atoms with Crippen molar-refractivity contribution in [2.45, 2.75) is 23.8 Å². The van der Waals surface area contributed by atoms with Gasteiger partial charge in [-0.05, 0) is 36.2 Å². The Balaban J connectivity index is 1.26. The molecular formula is C21H24N4O6S. The van der Waals surface area contributed by atoms with Gasteiger partial charge in [0.25, 0.3) is 0 Å². The molecule has 0 aromatic heterocycles. The number of ether oxygens (including phenoxy) is 2. The molecule has 0 aliphatic carbocycles. The van der Waals surface area contributed by atoms with Crippen LogP contribution in [0.25, 0.3) is 0 Å². The number of nitrogens with one attached hydrogen (secondary N) is 2. The van der Waals surface area contributed by atoms with Crippen LogP contribution in [0.15, 0.2) is 47.4 Å². The average Bonchev–Trinajstić information content (AvgIpc) is 3.13. The monoisotopic (exact) mass is 460 g/mol.